The molecule has 1 aromatic carbocycles. The highest BCUT2D eigenvalue weighted by atomic mass is 79.9. The van der Waals surface area contributed by atoms with Crippen molar-refractivity contribution in [1.29, 1.82) is 0 Å². The standard InChI is InChI=1S/C18H22BrFN2O5/c1-18(2,3)27-17(24)21-5-6-22-10(8-21)9-26-15-11(16(22)23)7-12(25-4)13(19)14(15)20/h7,10H,5-6,8-9H2,1-4H3/t10-/m1/s1. The predicted octanol–water partition coefficient (Wildman–Crippen LogP) is 3.05. The Morgan fingerprint density at radius 3 is 2.70 bits per heavy atom. The molecule has 0 N–H and O–H groups in total. The Balaban J connectivity index is 1.84. The summed E-state index contributed by atoms with van der Waals surface area (Å²) in [6.45, 7) is 6.37. The van der Waals surface area contributed by atoms with Crippen molar-refractivity contribution in [2.45, 2.75) is 32.4 Å². The van der Waals surface area contributed by atoms with Crippen LogP contribution in [0.4, 0.5) is 9.18 Å². The first-order chi connectivity index (χ1) is 12.6. The van der Waals surface area contributed by atoms with Gasteiger partial charge in [0, 0.05) is 19.6 Å². The van der Waals surface area contributed by atoms with Gasteiger partial charge in [-0.15, -0.1) is 0 Å². The van der Waals surface area contributed by atoms with E-state index in [1.54, 1.807) is 30.6 Å². The Hall–Kier alpha value is -2.03. The molecule has 2 amide bonds. The zero-order valence-corrected chi connectivity index (χ0v) is 17.3. The number of ether oxygens (including phenoxy) is 3. The van der Waals surface area contributed by atoms with Gasteiger partial charge in [-0.25, -0.2) is 9.18 Å². The Morgan fingerprint density at radius 1 is 1.37 bits per heavy atom. The van der Waals surface area contributed by atoms with Crippen LogP contribution in [0.1, 0.15) is 31.1 Å². The molecule has 1 atom stereocenters. The first-order valence-electron chi connectivity index (χ1n) is 8.60. The first kappa shape index (κ1) is 19.7. The van der Waals surface area contributed by atoms with Crippen LogP contribution in [0.3, 0.4) is 0 Å². The van der Waals surface area contributed by atoms with Gasteiger partial charge in [0.2, 0.25) is 0 Å². The number of benzene rings is 1. The van der Waals surface area contributed by atoms with E-state index in [-0.39, 0.29) is 40.6 Å². The summed E-state index contributed by atoms with van der Waals surface area (Å²) < 4.78 is 30.9. The van der Waals surface area contributed by atoms with Crippen molar-refractivity contribution in [1.82, 2.24) is 9.80 Å². The van der Waals surface area contributed by atoms with Crippen LogP contribution in [-0.2, 0) is 4.74 Å². The molecular formula is C18H22BrFN2O5. The molecule has 0 unspecified atom stereocenters. The van der Waals surface area contributed by atoms with Crippen molar-refractivity contribution in [3.05, 3.63) is 21.9 Å². The second-order valence-corrected chi connectivity index (χ2v) is 8.27. The molecule has 9 heteroatoms. The zero-order valence-electron chi connectivity index (χ0n) is 15.7. The molecule has 0 bridgehead atoms. The maximum Gasteiger partial charge on any atom is 0.410 e. The number of rotatable bonds is 1. The van der Waals surface area contributed by atoms with Crippen molar-refractivity contribution in [2.75, 3.05) is 33.4 Å². The summed E-state index contributed by atoms with van der Waals surface area (Å²) in [5.41, 5.74) is -0.493. The third-order valence-corrected chi connectivity index (χ3v) is 5.13. The molecule has 7 nitrogen and oxygen atoms in total. The normalized spacial score (nSPS) is 19.6. The van der Waals surface area contributed by atoms with Crippen LogP contribution in [0.2, 0.25) is 0 Å². The molecule has 1 aromatic rings. The fourth-order valence-electron chi connectivity index (χ4n) is 3.13. The Bertz CT molecular complexity index is 780. The topological polar surface area (TPSA) is 68.3 Å². The van der Waals surface area contributed by atoms with Crippen LogP contribution in [0, 0.1) is 5.82 Å². The summed E-state index contributed by atoms with van der Waals surface area (Å²) in [7, 11) is 1.40. The average Bonchev–Trinajstić information content (AvgIpc) is 2.73. The van der Waals surface area contributed by atoms with Crippen LogP contribution < -0.4 is 9.47 Å². The number of fused-ring (bicyclic) bond motifs is 2. The summed E-state index contributed by atoms with van der Waals surface area (Å²) >= 11 is 3.12. The Labute approximate surface area is 165 Å². The summed E-state index contributed by atoms with van der Waals surface area (Å²) in [5, 5.41) is 0. The van der Waals surface area contributed by atoms with Crippen LogP contribution in [-0.4, -0.2) is 66.8 Å². The highest BCUT2D eigenvalue weighted by Gasteiger charge is 2.39. The lowest BCUT2D eigenvalue weighted by Crippen LogP contribution is -2.58. The quantitative estimate of drug-likeness (QED) is 0.665. The van der Waals surface area contributed by atoms with E-state index < -0.39 is 23.6 Å². The maximum atomic E-state index is 14.6. The average molecular weight is 445 g/mol. The van der Waals surface area contributed by atoms with Gasteiger partial charge in [-0.2, -0.15) is 0 Å². The van der Waals surface area contributed by atoms with Gasteiger partial charge in [0.15, 0.2) is 11.6 Å². The van der Waals surface area contributed by atoms with E-state index in [0.29, 0.717) is 13.1 Å². The predicted molar refractivity (Wildman–Crippen MR) is 98.8 cm³/mol. The van der Waals surface area contributed by atoms with Crippen molar-refractivity contribution >= 4 is 27.9 Å². The Kier molecular flexibility index (Phi) is 5.24. The van der Waals surface area contributed by atoms with E-state index in [2.05, 4.69) is 15.9 Å². The van der Waals surface area contributed by atoms with Gasteiger partial charge in [0.25, 0.3) is 5.91 Å². The lowest BCUT2D eigenvalue weighted by Gasteiger charge is -2.40. The minimum Gasteiger partial charge on any atom is -0.495 e. The number of amides is 2. The van der Waals surface area contributed by atoms with Gasteiger partial charge in [-0.05, 0) is 42.8 Å². The van der Waals surface area contributed by atoms with Crippen molar-refractivity contribution in [3.8, 4) is 11.5 Å². The molecule has 2 aliphatic heterocycles. The van der Waals surface area contributed by atoms with Crippen molar-refractivity contribution < 1.29 is 28.2 Å². The Morgan fingerprint density at radius 2 is 2.07 bits per heavy atom. The van der Waals surface area contributed by atoms with Gasteiger partial charge >= 0.3 is 6.09 Å². The molecule has 0 radical (unpaired) electrons. The smallest absolute Gasteiger partial charge is 0.410 e. The highest BCUT2D eigenvalue weighted by molar-refractivity contribution is 9.10. The van der Waals surface area contributed by atoms with Crippen LogP contribution >= 0.6 is 15.9 Å². The van der Waals surface area contributed by atoms with E-state index in [1.807, 2.05) is 0 Å². The third kappa shape index (κ3) is 3.83. The summed E-state index contributed by atoms with van der Waals surface area (Å²) in [4.78, 5) is 28.5. The number of halogens is 2. The number of hydrogen-bond acceptors (Lipinski definition) is 5. The largest absolute Gasteiger partial charge is 0.495 e. The molecule has 0 aromatic heterocycles. The molecule has 1 saturated heterocycles. The summed E-state index contributed by atoms with van der Waals surface area (Å²) in [6.07, 6.45) is -0.438. The van der Waals surface area contributed by atoms with Gasteiger partial charge in [-0.1, -0.05) is 0 Å². The highest BCUT2D eigenvalue weighted by Crippen LogP contribution is 2.39. The van der Waals surface area contributed by atoms with Crippen molar-refractivity contribution in [2.24, 2.45) is 0 Å². The minimum absolute atomic E-state index is 0.0771. The molecule has 0 spiro atoms. The van der Waals surface area contributed by atoms with Crippen LogP contribution in [0.15, 0.2) is 10.5 Å². The van der Waals surface area contributed by atoms with Crippen LogP contribution in [0.25, 0.3) is 0 Å². The second kappa shape index (κ2) is 7.18. The fraction of sp³-hybridized carbons (Fsp3) is 0.556. The summed E-state index contributed by atoms with van der Waals surface area (Å²) in [6, 6.07) is 1.07. The molecular weight excluding hydrogens is 423 g/mol. The SMILES string of the molecule is COc1cc2c(c(F)c1Br)OC[C@H]1CN(C(=O)OC(C)(C)C)CCN1C2=O. The number of carbonyl (C=O) groups excluding carboxylic acids is 2. The lowest BCUT2D eigenvalue weighted by molar-refractivity contribution is 0.000861. The van der Waals surface area contributed by atoms with Gasteiger partial charge in [0.05, 0.1) is 23.2 Å². The van der Waals surface area contributed by atoms with E-state index in [9.17, 15) is 14.0 Å². The van der Waals surface area contributed by atoms with E-state index in [1.165, 1.54) is 13.2 Å². The maximum absolute atomic E-state index is 14.6. The van der Waals surface area contributed by atoms with Gasteiger partial charge < -0.3 is 24.0 Å². The van der Waals surface area contributed by atoms with E-state index >= 15 is 0 Å². The molecule has 3 rings (SSSR count). The number of piperazine rings is 1. The van der Waals surface area contributed by atoms with E-state index in [4.69, 9.17) is 14.2 Å². The summed E-state index contributed by atoms with van der Waals surface area (Å²) in [5.74, 6) is -0.914. The first-order valence-corrected chi connectivity index (χ1v) is 9.39. The lowest BCUT2D eigenvalue weighted by atomic mass is 10.1. The van der Waals surface area contributed by atoms with Gasteiger partial charge in [-0.3, -0.25) is 4.79 Å². The monoisotopic (exact) mass is 444 g/mol. The zero-order chi connectivity index (χ0) is 19.9. The molecule has 148 valence electrons. The molecule has 0 saturated carbocycles. The second-order valence-electron chi connectivity index (χ2n) is 7.47. The number of nitrogens with zero attached hydrogens (tertiary/aromatic N) is 2. The van der Waals surface area contributed by atoms with Gasteiger partial charge in [0.1, 0.15) is 18.0 Å². The fourth-order valence-corrected chi connectivity index (χ4v) is 3.58. The van der Waals surface area contributed by atoms with Crippen LogP contribution in [0.5, 0.6) is 11.5 Å². The van der Waals surface area contributed by atoms with Crippen molar-refractivity contribution in [3.63, 3.8) is 0 Å². The number of hydrogen-bond donors (Lipinski definition) is 0. The number of methoxy groups -OCH3 is 1. The molecule has 27 heavy (non-hydrogen) atoms. The minimum atomic E-state index is -0.679. The number of carbonyl (C=O) groups is 2. The molecule has 1 fully saturated rings. The third-order valence-electron chi connectivity index (χ3n) is 4.39. The molecule has 2 heterocycles. The van der Waals surface area contributed by atoms with E-state index in [0.717, 1.165) is 0 Å². The molecule has 0 aliphatic carbocycles. The molecule has 2 aliphatic rings.